The lowest BCUT2D eigenvalue weighted by atomic mass is 10.0. The predicted molar refractivity (Wildman–Crippen MR) is 72.3 cm³/mol. The van der Waals surface area contributed by atoms with Crippen LogP contribution in [0.25, 0.3) is 0 Å². The molecule has 0 amide bonds. The third kappa shape index (κ3) is 2.78. The minimum atomic E-state index is -0.486. The number of benzene rings is 1. The summed E-state index contributed by atoms with van der Waals surface area (Å²) in [5.74, 6) is 0.335. The molecular formula is C14H14ClFN2O2. The van der Waals surface area contributed by atoms with Gasteiger partial charge in [-0.05, 0) is 31.2 Å². The van der Waals surface area contributed by atoms with Gasteiger partial charge in [-0.1, -0.05) is 11.6 Å². The lowest BCUT2D eigenvalue weighted by molar-refractivity contribution is 0.109. The average molecular weight is 297 g/mol. The van der Waals surface area contributed by atoms with E-state index in [-0.39, 0.29) is 11.7 Å². The van der Waals surface area contributed by atoms with E-state index in [1.165, 1.54) is 18.4 Å². The highest BCUT2D eigenvalue weighted by atomic mass is 35.5. The van der Waals surface area contributed by atoms with E-state index in [1.807, 2.05) is 0 Å². The van der Waals surface area contributed by atoms with Crippen LogP contribution >= 0.6 is 11.6 Å². The summed E-state index contributed by atoms with van der Waals surface area (Å²) in [6.45, 7) is 1.70. The van der Waals surface area contributed by atoms with Crippen molar-refractivity contribution in [1.82, 2.24) is 10.3 Å². The molecule has 4 nitrogen and oxygen atoms in total. The number of nitrogens with zero attached hydrogens (tertiary/aromatic N) is 1. The topological polar surface area (TPSA) is 47.3 Å². The summed E-state index contributed by atoms with van der Waals surface area (Å²) in [6, 6.07) is 4.35. The lowest BCUT2D eigenvalue weighted by Gasteiger charge is -2.21. The largest absolute Gasteiger partial charge is 0.477 e. The third-order valence-corrected chi connectivity index (χ3v) is 3.60. The molecule has 0 bridgehead atoms. The van der Waals surface area contributed by atoms with Crippen LogP contribution < -0.4 is 10.1 Å². The lowest BCUT2D eigenvalue weighted by Crippen LogP contribution is -2.22. The maximum Gasteiger partial charge on any atom is 0.235 e. The molecule has 20 heavy (non-hydrogen) atoms. The Labute approximate surface area is 120 Å². The van der Waals surface area contributed by atoms with E-state index < -0.39 is 11.9 Å². The van der Waals surface area contributed by atoms with E-state index in [1.54, 1.807) is 12.3 Å². The summed E-state index contributed by atoms with van der Waals surface area (Å²) < 4.78 is 25.0. The van der Waals surface area contributed by atoms with Gasteiger partial charge in [-0.15, -0.1) is 0 Å². The number of aromatic nitrogens is 1. The van der Waals surface area contributed by atoms with Crippen LogP contribution in [0.2, 0.25) is 5.02 Å². The average Bonchev–Trinajstić information content (AvgIpc) is 3.11. The molecule has 0 radical (unpaired) electrons. The maximum absolute atomic E-state index is 13.9. The number of halogens is 2. The molecule has 3 rings (SSSR count). The van der Waals surface area contributed by atoms with Gasteiger partial charge in [0.1, 0.15) is 6.26 Å². The van der Waals surface area contributed by atoms with Crippen molar-refractivity contribution in [2.24, 2.45) is 5.92 Å². The molecule has 2 atom stereocenters. The molecule has 1 saturated heterocycles. The predicted octanol–water partition coefficient (Wildman–Crippen LogP) is 3.20. The first-order valence-corrected chi connectivity index (χ1v) is 6.83. The van der Waals surface area contributed by atoms with Crippen molar-refractivity contribution in [1.29, 1.82) is 0 Å². The molecule has 1 unspecified atom stereocenters. The minimum Gasteiger partial charge on any atom is -0.477 e. The zero-order chi connectivity index (χ0) is 13.9. The van der Waals surface area contributed by atoms with Crippen molar-refractivity contribution in [2.45, 2.75) is 12.5 Å². The van der Waals surface area contributed by atoms with Gasteiger partial charge in [0.2, 0.25) is 5.89 Å². The van der Waals surface area contributed by atoms with Crippen molar-refractivity contribution in [3.8, 4) is 5.75 Å². The molecule has 2 aromatic rings. The molecule has 0 aliphatic carbocycles. The second-order valence-corrected chi connectivity index (χ2v) is 5.17. The Bertz CT molecular complexity index is 571. The summed E-state index contributed by atoms with van der Waals surface area (Å²) in [4.78, 5) is 4.14. The summed E-state index contributed by atoms with van der Waals surface area (Å²) >= 11 is 5.74. The van der Waals surface area contributed by atoms with Gasteiger partial charge in [-0.3, -0.25) is 0 Å². The first kappa shape index (κ1) is 13.4. The third-order valence-electron chi connectivity index (χ3n) is 3.37. The Balaban J connectivity index is 1.86. The van der Waals surface area contributed by atoms with Crippen molar-refractivity contribution in [2.75, 3.05) is 13.1 Å². The minimum absolute atomic E-state index is 0.157. The van der Waals surface area contributed by atoms with E-state index >= 15 is 0 Å². The Kier molecular flexibility index (Phi) is 3.89. The maximum atomic E-state index is 13.9. The molecule has 1 aromatic heterocycles. The van der Waals surface area contributed by atoms with Crippen molar-refractivity contribution >= 4 is 11.6 Å². The number of oxazole rings is 1. The van der Waals surface area contributed by atoms with Crippen LogP contribution in [0, 0.1) is 11.7 Å². The Morgan fingerprint density at radius 2 is 2.40 bits per heavy atom. The summed E-state index contributed by atoms with van der Waals surface area (Å²) in [5.41, 5.74) is 0. The van der Waals surface area contributed by atoms with Crippen LogP contribution in [-0.4, -0.2) is 18.1 Å². The van der Waals surface area contributed by atoms with Gasteiger partial charge >= 0.3 is 0 Å². The number of ether oxygens (including phenoxy) is 1. The number of hydrogen-bond donors (Lipinski definition) is 1. The standard InChI is InChI=1S/C14H14ClFN2O2/c15-10-1-2-12(11(16)7-10)20-13(9-3-4-17-8-9)14-18-5-6-19-14/h1-2,5-7,9,13,17H,3-4,8H2/t9-,13?/m0/s1. The van der Waals surface area contributed by atoms with E-state index in [0.717, 1.165) is 19.5 Å². The van der Waals surface area contributed by atoms with Crippen LogP contribution in [0.15, 0.2) is 35.1 Å². The van der Waals surface area contributed by atoms with Gasteiger partial charge in [0.25, 0.3) is 0 Å². The fourth-order valence-electron chi connectivity index (χ4n) is 2.37. The van der Waals surface area contributed by atoms with Crippen molar-refractivity contribution < 1.29 is 13.5 Å². The molecule has 106 valence electrons. The van der Waals surface area contributed by atoms with Gasteiger partial charge < -0.3 is 14.5 Å². The summed E-state index contributed by atoms with van der Waals surface area (Å²) in [6.07, 6.45) is 3.58. The van der Waals surface area contributed by atoms with Crippen LogP contribution in [0.3, 0.4) is 0 Å². The van der Waals surface area contributed by atoms with Crippen LogP contribution in [0.5, 0.6) is 5.75 Å². The highest BCUT2D eigenvalue weighted by Crippen LogP contribution is 2.33. The van der Waals surface area contributed by atoms with E-state index in [4.69, 9.17) is 20.8 Å². The van der Waals surface area contributed by atoms with Crippen LogP contribution in [0.4, 0.5) is 4.39 Å². The van der Waals surface area contributed by atoms with Gasteiger partial charge in [-0.2, -0.15) is 0 Å². The zero-order valence-corrected chi connectivity index (χ0v) is 11.4. The fourth-order valence-corrected chi connectivity index (χ4v) is 2.53. The molecule has 6 heteroatoms. The molecule has 1 N–H and O–H groups in total. The molecule has 1 fully saturated rings. The second-order valence-electron chi connectivity index (χ2n) is 4.74. The van der Waals surface area contributed by atoms with Crippen molar-refractivity contribution in [3.05, 3.63) is 47.4 Å². The molecule has 2 heterocycles. The Hall–Kier alpha value is -1.59. The Morgan fingerprint density at radius 1 is 1.50 bits per heavy atom. The summed E-state index contributed by atoms with van der Waals surface area (Å²) in [7, 11) is 0. The molecule has 1 aliphatic heterocycles. The van der Waals surface area contributed by atoms with Crippen LogP contribution in [-0.2, 0) is 0 Å². The molecule has 1 aliphatic rings. The normalized spacial score (nSPS) is 20.0. The molecule has 0 saturated carbocycles. The van der Waals surface area contributed by atoms with Gasteiger partial charge in [0.05, 0.1) is 6.20 Å². The van der Waals surface area contributed by atoms with E-state index in [2.05, 4.69) is 10.3 Å². The second kappa shape index (κ2) is 5.81. The molecule has 1 aromatic carbocycles. The number of rotatable bonds is 4. The van der Waals surface area contributed by atoms with Gasteiger partial charge in [-0.25, -0.2) is 9.37 Å². The highest BCUT2D eigenvalue weighted by Gasteiger charge is 2.31. The molecular weight excluding hydrogens is 283 g/mol. The fraction of sp³-hybridized carbons (Fsp3) is 0.357. The monoisotopic (exact) mass is 296 g/mol. The molecule has 0 spiro atoms. The first-order chi connectivity index (χ1) is 9.74. The number of nitrogens with one attached hydrogen (secondary N) is 1. The van der Waals surface area contributed by atoms with Crippen molar-refractivity contribution in [3.63, 3.8) is 0 Å². The van der Waals surface area contributed by atoms with E-state index in [9.17, 15) is 4.39 Å². The SMILES string of the molecule is Fc1cc(Cl)ccc1OC(c1ncco1)[C@H]1CCNC1. The Morgan fingerprint density at radius 3 is 3.05 bits per heavy atom. The van der Waals surface area contributed by atoms with Gasteiger partial charge in [0.15, 0.2) is 17.7 Å². The van der Waals surface area contributed by atoms with Gasteiger partial charge in [0, 0.05) is 17.5 Å². The number of hydrogen-bond acceptors (Lipinski definition) is 4. The highest BCUT2D eigenvalue weighted by molar-refractivity contribution is 6.30. The van der Waals surface area contributed by atoms with Crippen LogP contribution in [0.1, 0.15) is 18.4 Å². The van der Waals surface area contributed by atoms with E-state index in [0.29, 0.717) is 10.9 Å². The smallest absolute Gasteiger partial charge is 0.235 e. The quantitative estimate of drug-likeness (QED) is 0.941. The first-order valence-electron chi connectivity index (χ1n) is 6.46. The summed E-state index contributed by atoms with van der Waals surface area (Å²) in [5, 5.41) is 3.60. The zero-order valence-electron chi connectivity index (χ0n) is 10.7.